The summed E-state index contributed by atoms with van der Waals surface area (Å²) in [6.07, 6.45) is 1.79. The van der Waals surface area contributed by atoms with Gasteiger partial charge in [0.15, 0.2) is 0 Å². The fourth-order valence-corrected chi connectivity index (χ4v) is 1.63. The topological polar surface area (TPSA) is 121 Å². The van der Waals surface area contributed by atoms with Gasteiger partial charge in [0, 0.05) is 12.1 Å². The van der Waals surface area contributed by atoms with Crippen LogP contribution in [0.3, 0.4) is 0 Å². The third kappa shape index (κ3) is 4.71. The summed E-state index contributed by atoms with van der Waals surface area (Å²) in [4.78, 5) is 45.1. The molecular weight excluding hydrogens is 266 g/mol. The second-order valence-electron chi connectivity index (χ2n) is 4.33. The fraction of sp³-hybridized carbons (Fsp3) is 0.500. The van der Waals surface area contributed by atoms with Crippen LogP contribution in [0.2, 0.25) is 0 Å². The number of nitrogens with zero attached hydrogens (tertiary/aromatic N) is 1. The molecule has 0 fully saturated rings. The number of hydrogen-bond donors (Lipinski definition) is 3. The molecule has 1 rings (SSSR count). The molecule has 3 N–H and O–H groups in total. The van der Waals surface area contributed by atoms with Gasteiger partial charge in [-0.25, -0.2) is 9.48 Å². The standard InChI is InChI=1S/C12H17N3O5/c1-2-3-4-8(12(19)20)13-10(17)7-15-11(18)6-5-9(16)14-15/h5-6,8H,2-4,7H2,1H3,(H,13,17)(H,14,16)(H,19,20). The highest BCUT2D eigenvalue weighted by Gasteiger charge is 2.19. The van der Waals surface area contributed by atoms with Gasteiger partial charge in [-0.15, -0.1) is 0 Å². The molecule has 1 aromatic rings. The van der Waals surface area contributed by atoms with Gasteiger partial charge in [0.2, 0.25) is 5.91 Å². The number of unbranched alkanes of at least 4 members (excludes halogenated alkanes) is 1. The van der Waals surface area contributed by atoms with Crippen molar-refractivity contribution in [3.8, 4) is 0 Å². The highest BCUT2D eigenvalue weighted by molar-refractivity contribution is 5.83. The minimum Gasteiger partial charge on any atom is -0.480 e. The Morgan fingerprint density at radius 3 is 2.70 bits per heavy atom. The lowest BCUT2D eigenvalue weighted by Gasteiger charge is -2.14. The lowest BCUT2D eigenvalue weighted by molar-refractivity contribution is -0.142. The van der Waals surface area contributed by atoms with Crippen molar-refractivity contribution in [3.63, 3.8) is 0 Å². The predicted octanol–water partition coefficient (Wildman–Crippen LogP) is -0.704. The lowest BCUT2D eigenvalue weighted by Crippen LogP contribution is -2.44. The molecule has 1 amide bonds. The maximum atomic E-state index is 11.7. The van der Waals surface area contributed by atoms with Gasteiger partial charge in [-0.1, -0.05) is 19.8 Å². The molecule has 0 saturated carbocycles. The number of rotatable bonds is 7. The number of carbonyl (C=O) groups is 2. The van der Waals surface area contributed by atoms with Crippen molar-refractivity contribution in [2.75, 3.05) is 0 Å². The number of aromatic amines is 1. The molecule has 8 nitrogen and oxygen atoms in total. The highest BCUT2D eigenvalue weighted by atomic mass is 16.4. The van der Waals surface area contributed by atoms with E-state index in [1.807, 2.05) is 6.92 Å². The van der Waals surface area contributed by atoms with Crippen LogP contribution < -0.4 is 16.4 Å². The minimum absolute atomic E-state index is 0.317. The molecule has 8 heteroatoms. The number of carbonyl (C=O) groups excluding carboxylic acids is 1. The van der Waals surface area contributed by atoms with E-state index in [9.17, 15) is 19.2 Å². The normalized spacial score (nSPS) is 11.8. The maximum Gasteiger partial charge on any atom is 0.326 e. The Morgan fingerprint density at radius 2 is 2.10 bits per heavy atom. The Labute approximate surface area is 114 Å². The first-order valence-corrected chi connectivity index (χ1v) is 6.26. The molecule has 1 heterocycles. The molecule has 1 aromatic heterocycles. The number of aliphatic carboxylic acids is 1. The van der Waals surface area contributed by atoms with E-state index >= 15 is 0 Å². The van der Waals surface area contributed by atoms with E-state index in [4.69, 9.17) is 5.11 Å². The number of aromatic nitrogens is 2. The molecule has 0 aliphatic carbocycles. The SMILES string of the molecule is CCCCC(NC(=O)Cn1[nH]c(=O)ccc1=O)C(=O)O. The molecular formula is C12H17N3O5. The molecule has 0 radical (unpaired) electrons. The van der Waals surface area contributed by atoms with Crippen LogP contribution in [-0.4, -0.2) is 32.8 Å². The number of nitrogens with one attached hydrogen (secondary N) is 2. The average molecular weight is 283 g/mol. The summed E-state index contributed by atoms with van der Waals surface area (Å²) in [6.45, 7) is 1.49. The molecule has 0 bridgehead atoms. The predicted molar refractivity (Wildman–Crippen MR) is 70.4 cm³/mol. The van der Waals surface area contributed by atoms with Crippen LogP contribution in [0.5, 0.6) is 0 Å². The van der Waals surface area contributed by atoms with Crippen molar-refractivity contribution < 1.29 is 14.7 Å². The maximum absolute atomic E-state index is 11.7. The van der Waals surface area contributed by atoms with E-state index in [2.05, 4.69) is 10.4 Å². The Kier molecular flexibility index (Phi) is 5.70. The first-order valence-electron chi connectivity index (χ1n) is 6.26. The number of hydrogen-bond acceptors (Lipinski definition) is 4. The smallest absolute Gasteiger partial charge is 0.326 e. The average Bonchev–Trinajstić information content (AvgIpc) is 2.38. The third-order valence-corrected chi connectivity index (χ3v) is 2.67. The van der Waals surface area contributed by atoms with E-state index in [-0.39, 0.29) is 0 Å². The fourth-order valence-electron chi connectivity index (χ4n) is 1.63. The molecule has 20 heavy (non-hydrogen) atoms. The Morgan fingerprint density at radius 1 is 1.40 bits per heavy atom. The summed E-state index contributed by atoms with van der Waals surface area (Å²) in [5, 5.41) is 13.5. The van der Waals surface area contributed by atoms with E-state index in [1.54, 1.807) is 0 Å². The van der Waals surface area contributed by atoms with Crippen LogP contribution in [0.15, 0.2) is 21.7 Å². The zero-order chi connectivity index (χ0) is 15.1. The van der Waals surface area contributed by atoms with Gasteiger partial charge in [-0.05, 0) is 6.42 Å². The van der Waals surface area contributed by atoms with Gasteiger partial charge in [0.1, 0.15) is 12.6 Å². The first-order chi connectivity index (χ1) is 9.43. The molecule has 110 valence electrons. The highest BCUT2D eigenvalue weighted by Crippen LogP contribution is 2.00. The van der Waals surface area contributed by atoms with Crippen LogP contribution in [0, 0.1) is 0 Å². The minimum atomic E-state index is -1.12. The number of amides is 1. The van der Waals surface area contributed by atoms with Crippen molar-refractivity contribution in [3.05, 3.63) is 32.8 Å². The van der Waals surface area contributed by atoms with Crippen LogP contribution in [-0.2, 0) is 16.1 Å². The van der Waals surface area contributed by atoms with E-state index in [1.165, 1.54) is 0 Å². The number of carboxylic acids is 1. The van der Waals surface area contributed by atoms with Crippen molar-refractivity contribution in [2.24, 2.45) is 0 Å². The monoisotopic (exact) mass is 283 g/mol. The van der Waals surface area contributed by atoms with Crippen LogP contribution in [0.4, 0.5) is 0 Å². The van der Waals surface area contributed by atoms with Gasteiger partial charge in [-0.2, -0.15) is 0 Å². The molecule has 0 aliphatic rings. The van der Waals surface area contributed by atoms with Crippen molar-refractivity contribution >= 4 is 11.9 Å². The lowest BCUT2D eigenvalue weighted by atomic mass is 10.1. The van der Waals surface area contributed by atoms with E-state index < -0.39 is 35.6 Å². The zero-order valence-corrected chi connectivity index (χ0v) is 11.1. The largest absolute Gasteiger partial charge is 0.480 e. The quantitative estimate of drug-likeness (QED) is 0.610. The van der Waals surface area contributed by atoms with Gasteiger partial charge in [-0.3, -0.25) is 19.5 Å². The number of carboxylic acid groups (broad SMARTS) is 1. The summed E-state index contributed by atoms with van der Waals surface area (Å²) in [5.74, 6) is -1.77. The van der Waals surface area contributed by atoms with Crippen LogP contribution in [0.25, 0.3) is 0 Å². The molecule has 0 aromatic carbocycles. The summed E-state index contributed by atoms with van der Waals surface area (Å²) in [7, 11) is 0. The molecule has 1 atom stereocenters. The van der Waals surface area contributed by atoms with Crippen LogP contribution in [0.1, 0.15) is 26.2 Å². The Bertz CT molecular complexity index is 589. The Balaban J connectivity index is 2.70. The second kappa shape index (κ2) is 7.27. The van der Waals surface area contributed by atoms with E-state index in [0.29, 0.717) is 12.8 Å². The summed E-state index contributed by atoms with van der Waals surface area (Å²) in [5.41, 5.74) is -1.06. The first kappa shape index (κ1) is 15.7. The number of H-pyrrole nitrogens is 1. The van der Waals surface area contributed by atoms with Gasteiger partial charge >= 0.3 is 5.97 Å². The zero-order valence-electron chi connectivity index (χ0n) is 11.1. The van der Waals surface area contributed by atoms with Crippen LogP contribution >= 0.6 is 0 Å². The summed E-state index contributed by atoms with van der Waals surface area (Å²) >= 11 is 0. The molecule has 0 spiro atoms. The van der Waals surface area contributed by atoms with E-state index in [0.717, 1.165) is 23.2 Å². The van der Waals surface area contributed by atoms with Crippen molar-refractivity contribution in [1.82, 2.24) is 15.1 Å². The second-order valence-corrected chi connectivity index (χ2v) is 4.33. The van der Waals surface area contributed by atoms with Crippen molar-refractivity contribution in [1.29, 1.82) is 0 Å². The van der Waals surface area contributed by atoms with Gasteiger partial charge in [0.25, 0.3) is 11.1 Å². The van der Waals surface area contributed by atoms with Crippen molar-refractivity contribution in [2.45, 2.75) is 38.8 Å². The molecule has 0 saturated heterocycles. The molecule has 1 unspecified atom stereocenters. The third-order valence-electron chi connectivity index (χ3n) is 2.67. The molecule has 0 aliphatic heterocycles. The summed E-state index contributed by atoms with van der Waals surface area (Å²) in [6, 6.07) is 1.10. The Hall–Kier alpha value is -2.38. The summed E-state index contributed by atoms with van der Waals surface area (Å²) < 4.78 is 0.830. The van der Waals surface area contributed by atoms with Gasteiger partial charge in [0.05, 0.1) is 0 Å². The van der Waals surface area contributed by atoms with Gasteiger partial charge < -0.3 is 10.4 Å².